The van der Waals surface area contributed by atoms with Crippen LogP contribution in [-0.2, 0) is 21.4 Å². The molecule has 37 heavy (non-hydrogen) atoms. The van der Waals surface area contributed by atoms with Crippen LogP contribution >= 0.6 is 11.6 Å². The Morgan fingerprint density at radius 3 is 2.35 bits per heavy atom. The number of carbonyl (C=O) groups is 1. The Bertz CT molecular complexity index is 1360. The molecule has 0 radical (unpaired) electrons. The molecule has 0 aliphatic carbocycles. The number of aryl methyl sites for hydroxylation is 1. The van der Waals surface area contributed by atoms with Gasteiger partial charge in [0, 0.05) is 38.0 Å². The van der Waals surface area contributed by atoms with Gasteiger partial charge in [-0.15, -0.1) is 0 Å². The first-order chi connectivity index (χ1) is 17.5. The molecule has 0 aliphatic heterocycles. The third kappa shape index (κ3) is 6.11. The van der Waals surface area contributed by atoms with Crippen LogP contribution in [0.15, 0.2) is 52.0 Å². The minimum atomic E-state index is -4.27. The van der Waals surface area contributed by atoms with E-state index in [1.165, 1.54) is 37.3 Å². The van der Waals surface area contributed by atoms with Gasteiger partial charge in [0.05, 0.1) is 42.6 Å². The molecule has 0 aliphatic rings. The highest BCUT2D eigenvalue weighted by atomic mass is 35.5. The SMILES string of the molecule is CCN(Cc1oncc1C)C(=O)CN(c1cc(N(C)C)ccc1Cl)S(=O)(=O)c1ccc(OC)c(OC)c1. The fourth-order valence-electron chi connectivity index (χ4n) is 3.61. The Hall–Kier alpha value is -3.44. The Kier molecular flexibility index (Phi) is 8.93. The summed E-state index contributed by atoms with van der Waals surface area (Å²) in [6.45, 7) is 3.61. The van der Waals surface area contributed by atoms with Crippen LogP contribution in [0.4, 0.5) is 11.4 Å². The molecule has 0 saturated heterocycles. The van der Waals surface area contributed by atoms with E-state index in [0.29, 0.717) is 23.7 Å². The molecule has 2 aromatic carbocycles. The lowest BCUT2D eigenvalue weighted by Crippen LogP contribution is -2.43. The van der Waals surface area contributed by atoms with Gasteiger partial charge in [-0.1, -0.05) is 16.8 Å². The maximum Gasteiger partial charge on any atom is 0.264 e. The number of hydrogen-bond acceptors (Lipinski definition) is 8. The molecule has 1 amide bonds. The van der Waals surface area contributed by atoms with Crippen LogP contribution in [0.2, 0.25) is 5.02 Å². The molecule has 1 heterocycles. The fourth-order valence-corrected chi connectivity index (χ4v) is 5.32. The fraction of sp³-hybridized carbons (Fsp3) is 0.360. The zero-order valence-electron chi connectivity index (χ0n) is 21.7. The lowest BCUT2D eigenvalue weighted by Gasteiger charge is -2.29. The summed E-state index contributed by atoms with van der Waals surface area (Å²) < 4.78 is 44.8. The summed E-state index contributed by atoms with van der Waals surface area (Å²) in [4.78, 5) is 16.7. The van der Waals surface area contributed by atoms with Gasteiger partial charge in [-0.3, -0.25) is 9.10 Å². The van der Waals surface area contributed by atoms with E-state index >= 15 is 0 Å². The van der Waals surface area contributed by atoms with Crippen molar-refractivity contribution in [2.75, 3.05) is 50.6 Å². The maximum absolute atomic E-state index is 14.0. The maximum atomic E-state index is 14.0. The molecule has 0 saturated carbocycles. The molecule has 3 aromatic rings. The number of sulfonamides is 1. The Morgan fingerprint density at radius 1 is 1.08 bits per heavy atom. The number of nitrogens with zero attached hydrogens (tertiary/aromatic N) is 4. The highest BCUT2D eigenvalue weighted by Gasteiger charge is 2.32. The van der Waals surface area contributed by atoms with Gasteiger partial charge in [-0.25, -0.2) is 8.42 Å². The molecule has 200 valence electrons. The van der Waals surface area contributed by atoms with Gasteiger partial charge in [0.15, 0.2) is 17.3 Å². The average molecular weight is 551 g/mol. The smallest absolute Gasteiger partial charge is 0.264 e. The van der Waals surface area contributed by atoms with Crippen LogP contribution in [0.5, 0.6) is 11.5 Å². The van der Waals surface area contributed by atoms with Crippen molar-refractivity contribution in [3.05, 3.63) is 58.9 Å². The van der Waals surface area contributed by atoms with Crippen LogP contribution in [0.1, 0.15) is 18.2 Å². The summed E-state index contributed by atoms with van der Waals surface area (Å²) in [5.74, 6) is 0.695. The standard InChI is InChI=1S/C25H31ClN4O6S/c1-7-29(15-24-17(2)14-27-36-24)25(31)16-30(21-12-18(28(3)4)8-10-20(21)26)37(32,33)19-9-11-22(34-5)23(13-19)35-6/h8-14H,7,15-16H2,1-6H3. The van der Waals surface area contributed by atoms with Gasteiger partial charge in [-0.2, -0.15) is 0 Å². The zero-order chi connectivity index (χ0) is 27.3. The molecule has 3 rings (SSSR count). The minimum absolute atomic E-state index is 0.0848. The predicted octanol–water partition coefficient (Wildman–Crippen LogP) is 3.96. The van der Waals surface area contributed by atoms with E-state index in [1.54, 1.807) is 31.3 Å². The van der Waals surface area contributed by atoms with Crippen LogP contribution < -0.4 is 18.7 Å². The average Bonchev–Trinajstić information content (AvgIpc) is 3.29. The van der Waals surface area contributed by atoms with Crippen molar-refractivity contribution in [1.82, 2.24) is 10.1 Å². The van der Waals surface area contributed by atoms with E-state index in [0.717, 1.165) is 9.87 Å². The highest BCUT2D eigenvalue weighted by molar-refractivity contribution is 7.92. The van der Waals surface area contributed by atoms with Crippen LogP contribution in [0.25, 0.3) is 0 Å². The molecule has 1 aromatic heterocycles. The lowest BCUT2D eigenvalue weighted by molar-refractivity contribution is -0.130. The normalized spacial score (nSPS) is 11.2. The van der Waals surface area contributed by atoms with Gasteiger partial charge in [0.1, 0.15) is 6.54 Å². The molecule has 0 atom stereocenters. The van der Waals surface area contributed by atoms with Gasteiger partial charge in [0.25, 0.3) is 10.0 Å². The molecule has 10 nitrogen and oxygen atoms in total. The minimum Gasteiger partial charge on any atom is -0.493 e. The van der Waals surface area contributed by atoms with Crippen molar-refractivity contribution in [3.8, 4) is 11.5 Å². The van der Waals surface area contributed by atoms with Crippen LogP contribution in [0, 0.1) is 6.92 Å². The summed E-state index contributed by atoms with van der Waals surface area (Å²) >= 11 is 6.51. The van der Waals surface area contributed by atoms with E-state index in [-0.39, 0.29) is 27.9 Å². The largest absolute Gasteiger partial charge is 0.493 e. The first-order valence-electron chi connectivity index (χ1n) is 11.4. The summed E-state index contributed by atoms with van der Waals surface area (Å²) in [6, 6.07) is 9.24. The number of anilines is 2. The van der Waals surface area contributed by atoms with Crippen LogP contribution in [0.3, 0.4) is 0 Å². The number of carbonyl (C=O) groups excluding carboxylic acids is 1. The topological polar surface area (TPSA) is 105 Å². The van der Waals surface area contributed by atoms with E-state index in [1.807, 2.05) is 25.9 Å². The van der Waals surface area contributed by atoms with Crippen molar-refractivity contribution in [2.24, 2.45) is 0 Å². The Morgan fingerprint density at radius 2 is 1.78 bits per heavy atom. The molecule has 0 unspecified atom stereocenters. The second kappa shape index (κ2) is 11.7. The summed E-state index contributed by atoms with van der Waals surface area (Å²) in [5, 5.41) is 3.94. The highest BCUT2D eigenvalue weighted by Crippen LogP contribution is 2.36. The number of hydrogen-bond donors (Lipinski definition) is 0. The molecular weight excluding hydrogens is 520 g/mol. The second-order valence-corrected chi connectivity index (χ2v) is 10.7. The lowest BCUT2D eigenvalue weighted by atomic mass is 10.2. The van der Waals surface area contributed by atoms with Crippen molar-refractivity contribution in [3.63, 3.8) is 0 Å². The number of halogens is 1. The number of methoxy groups -OCH3 is 2. The zero-order valence-corrected chi connectivity index (χ0v) is 23.3. The Balaban J connectivity index is 2.10. The molecule has 0 fully saturated rings. The third-order valence-corrected chi connectivity index (χ3v) is 7.93. The molecule has 0 bridgehead atoms. The van der Waals surface area contributed by atoms with Gasteiger partial charge in [0.2, 0.25) is 5.91 Å². The quantitative estimate of drug-likeness (QED) is 0.353. The molecule has 12 heteroatoms. The summed E-state index contributed by atoms with van der Waals surface area (Å²) in [7, 11) is 2.25. The molecule has 0 spiro atoms. The van der Waals surface area contributed by atoms with E-state index < -0.39 is 22.5 Å². The third-order valence-electron chi connectivity index (χ3n) is 5.85. The predicted molar refractivity (Wildman–Crippen MR) is 142 cm³/mol. The number of benzene rings is 2. The number of likely N-dealkylation sites (N-methyl/N-ethyl adjacent to an activating group) is 1. The Labute approximate surface area is 222 Å². The number of ether oxygens (including phenoxy) is 2. The summed E-state index contributed by atoms with van der Waals surface area (Å²) in [5.41, 5.74) is 1.68. The van der Waals surface area contributed by atoms with Crippen LogP contribution in [-0.4, -0.2) is 65.8 Å². The summed E-state index contributed by atoms with van der Waals surface area (Å²) in [6.07, 6.45) is 1.56. The number of amides is 1. The van der Waals surface area contributed by atoms with E-state index in [2.05, 4.69) is 5.16 Å². The van der Waals surface area contributed by atoms with Crippen molar-refractivity contribution in [2.45, 2.75) is 25.3 Å². The second-order valence-electron chi connectivity index (χ2n) is 8.40. The van der Waals surface area contributed by atoms with Crippen molar-refractivity contribution in [1.29, 1.82) is 0 Å². The molecule has 0 N–H and O–H groups in total. The van der Waals surface area contributed by atoms with Gasteiger partial charge in [-0.05, 0) is 44.2 Å². The van der Waals surface area contributed by atoms with E-state index in [4.69, 9.17) is 25.6 Å². The van der Waals surface area contributed by atoms with Crippen molar-refractivity contribution < 1.29 is 27.2 Å². The molecular formula is C25H31ClN4O6S. The van der Waals surface area contributed by atoms with Gasteiger partial charge < -0.3 is 23.8 Å². The van der Waals surface area contributed by atoms with Gasteiger partial charge >= 0.3 is 0 Å². The van der Waals surface area contributed by atoms with Crippen molar-refractivity contribution >= 4 is 38.9 Å². The first-order valence-corrected chi connectivity index (χ1v) is 13.2. The first kappa shape index (κ1) is 28.1. The van der Waals surface area contributed by atoms with E-state index in [9.17, 15) is 13.2 Å². The number of aromatic nitrogens is 1. The monoisotopic (exact) mass is 550 g/mol. The number of rotatable bonds is 11.